The quantitative estimate of drug-likeness (QED) is 0.509. The van der Waals surface area contributed by atoms with E-state index in [2.05, 4.69) is 0 Å². The van der Waals surface area contributed by atoms with E-state index >= 15 is 0 Å². The molecule has 0 spiro atoms. The molecule has 1 heterocycles. The van der Waals surface area contributed by atoms with Crippen LogP contribution in [-0.2, 0) is 9.53 Å². The molecule has 0 aromatic heterocycles. The molecule has 0 saturated carbocycles. The first kappa shape index (κ1) is 13.3. The Hall–Kier alpha value is -2.09. The number of nitro groups is 1. The highest BCUT2D eigenvalue weighted by molar-refractivity contribution is 8.00. The number of carboxylic acids is 1. The summed E-state index contributed by atoms with van der Waals surface area (Å²) < 4.78 is 4.78. The van der Waals surface area contributed by atoms with Crippen molar-refractivity contribution in [1.29, 1.82) is 0 Å². The first-order valence-corrected chi connectivity index (χ1v) is 6.22. The minimum absolute atomic E-state index is 0.182. The SMILES string of the molecule is O=C(O)c1cc([N+](=O)[O-])ccc1SC1CCOC1=O. The lowest BCUT2D eigenvalue weighted by atomic mass is 10.2. The largest absolute Gasteiger partial charge is 0.478 e. The van der Waals surface area contributed by atoms with Gasteiger partial charge in [-0.2, -0.15) is 0 Å². The number of hydrogen-bond acceptors (Lipinski definition) is 6. The molecular weight excluding hydrogens is 274 g/mol. The molecule has 1 aliphatic rings. The first-order chi connectivity index (χ1) is 8.99. The van der Waals surface area contributed by atoms with E-state index in [0.29, 0.717) is 17.9 Å². The number of benzene rings is 1. The molecule has 100 valence electrons. The standard InChI is InChI=1S/C11H9NO6S/c13-10(14)7-5-6(12(16)17)1-2-8(7)19-9-3-4-18-11(9)15/h1-2,5,9H,3-4H2,(H,13,14). The van der Waals surface area contributed by atoms with E-state index in [-0.39, 0.29) is 17.2 Å². The fourth-order valence-electron chi connectivity index (χ4n) is 1.64. The van der Waals surface area contributed by atoms with Crippen LogP contribution in [0.3, 0.4) is 0 Å². The molecule has 0 radical (unpaired) electrons. The summed E-state index contributed by atoms with van der Waals surface area (Å²) in [6.45, 7) is 0.311. The van der Waals surface area contributed by atoms with Crippen LogP contribution in [-0.4, -0.2) is 33.8 Å². The van der Waals surface area contributed by atoms with Crippen molar-refractivity contribution in [3.63, 3.8) is 0 Å². The van der Waals surface area contributed by atoms with Gasteiger partial charge in [-0.15, -0.1) is 11.8 Å². The van der Waals surface area contributed by atoms with E-state index in [1.807, 2.05) is 0 Å². The summed E-state index contributed by atoms with van der Waals surface area (Å²) in [5.41, 5.74) is -0.477. The van der Waals surface area contributed by atoms with Crippen LogP contribution in [0.2, 0.25) is 0 Å². The third-order valence-electron chi connectivity index (χ3n) is 2.56. The monoisotopic (exact) mass is 283 g/mol. The number of carbonyl (C=O) groups is 2. The van der Waals surface area contributed by atoms with Crippen LogP contribution in [0.15, 0.2) is 23.1 Å². The topological polar surface area (TPSA) is 107 Å². The molecule has 1 saturated heterocycles. The summed E-state index contributed by atoms with van der Waals surface area (Å²) in [6, 6.07) is 3.55. The van der Waals surface area contributed by atoms with Crippen molar-refractivity contribution >= 4 is 29.4 Å². The summed E-state index contributed by atoms with van der Waals surface area (Å²) in [5.74, 6) is -1.66. The summed E-state index contributed by atoms with van der Waals surface area (Å²) in [6.07, 6.45) is 0.500. The Morgan fingerprint density at radius 3 is 2.79 bits per heavy atom. The van der Waals surface area contributed by atoms with Gasteiger partial charge in [0.15, 0.2) is 0 Å². The van der Waals surface area contributed by atoms with Crippen molar-refractivity contribution in [1.82, 2.24) is 0 Å². The molecule has 1 aliphatic heterocycles. The average Bonchev–Trinajstić information content (AvgIpc) is 2.75. The number of carboxylic acid groups (broad SMARTS) is 1. The second-order valence-electron chi connectivity index (χ2n) is 3.81. The van der Waals surface area contributed by atoms with Gasteiger partial charge in [-0.3, -0.25) is 14.9 Å². The fourth-order valence-corrected chi connectivity index (χ4v) is 2.74. The number of non-ortho nitro benzene ring substituents is 1. The van der Waals surface area contributed by atoms with Gasteiger partial charge >= 0.3 is 11.9 Å². The van der Waals surface area contributed by atoms with Crippen LogP contribution in [0.1, 0.15) is 16.8 Å². The number of nitro benzene ring substituents is 1. The molecule has 1 aromatic carbocycles. The van der Waals surface area contributed by atoms with Gasteiger partial charge in [-0.1, -0.05) is 0 Å². The average molecular weight is 283 g/mol. The number of aromatic carboxylic acids is 1. The van der Waals surface area contributed by atoms with Crippen LogP contribution in [0, 0.1) is 10.1 Å². The molecule has 19 heavy (non-hydrogen) atoms. The number of ether oxygens (including phenoxy) is 1. The number of rotatable bonds is 4. The van der Waals surface area contributed by atoms with E-state index in [0.717, 1.165) is 17.8 Å². The number of cyclic esters (lactones) is 1. The molecule has 1 N–H and O–H groups in total. The van der Waals surface area contributed by atoms with Gasteiger partial charge in [0.25, 0.3) is 5.69 Å². The summed E-state index contributed by atoms with van der Waals surface area (Å²) in [4.78, 5) is 32.7. The van der Waals surface area contributed by atoms with Crippen molar-refractivity contribution in [3.8, 4) is 0 Å². The highest BCUT2D eigenvalue weighted by atomic mass is 32.2. The minimum Gasteiger partial charge on any atom is -0.478 e. The predicted octanol–water partition coefficient (Wildman–Crippen LogP) is 1.70. The second kappa shape index (κ2) is 5.27. The van der Waals surface area contributed by atoms with Crippen LogP contribution < -0.4 is 0 Å². The third kappa shape index (κ3) is 2.84. The molecule has 1 fully saturated rings. The molecule has 0 aliphatic carbocycles. The van der Waals surface area contributed by atoms with Crippen molar-refractivity contribution in [2.45, 2.75) is 16.6 Å². The van der Waals surface area contributed by atoms with Gasteiger partial charge in [-0.05, 0) is 6.07 Å². The molecule has 7 nitrogen and oxygen atoms in total. The van der Waals surface area contributed by atoms with E-state index in [1.54, 1.807) is 0 Å². The zero-order valence-corrected chi connectivity index (χ0v) is 10.4. The van der Waals surface area contributed by atoms with Gasteiger partial charge in [-0.25, -0.2) is 4.79 Å². The number of esters is 1. The predicted molar refractivity (Wildman–Crippen MR) is 65.3 cm³/mol. The number of carbonyl (C=O) groups excluding carboxylic acids is 1. The van der Waals surface area contributed by atoms with Gasteiger partial charge < -0.3 is 9.84 Å². The Labute approximate surface area is 111 Å². The Kier molecular flexibility index (Phi) is 3.70. The first-order valence-electron chi connectivity index (χ1n) is 5.34. The van der Waals surface area contributed by atoms with Gasteiger partial charge in [0.1, 0.15) is 5.25 Å². The number of hydrogen-bond donors (Lipinski definition) is 1. The highest BCUT2D eigenvalue weighted by Gasteiger charge is 2.29. The summed E-state index contributed by atoms with van der Waals surface area (Å²) >= 11 is 1.06. The molecule has 1 atom stereocenters. The van der Waals surface area contributed by atoms with Crippen molar-refractivity contribution in [2.75, 3.05) is 6.61 Å². The third-order valence-corrected chi connectivity index (χ3v) is 3.88. The van der Waals surface area contributed by atoms with Crippen molar-refractivity contribution < 1.29 is 24.4 Å². The van der Waals surface area contributed by atoms with Crippen LogP contribution in [0.25, 0.3) is 0 Å². The van der Waals surface area contributed by atoms with Gasteiger partial charge in [0.2, 0.25) is 0 Å². The normalized spacial score (nSPS) is 18.1. The van der Waals surface area contributed by atoms with Gasteiger partial charge in [0.05, 0.1) is 17.1 Å². The van der Waals surface area contributed by atoms with E-state index in [9.17, 15) is 19.7 Å². The van der Waals surface area contributed by atoms with Crippen LogP contribution >= 0.6 is 11.8 Å². The molecule has 1 unspecified atom stereocenters. The van der Waals surface area contributed by atoms with Crippen LogP contribution in [0.4, 0.5) is 5.69 Å². The molecule has 0 amide bonds. The van der Waals surface area contributed by atoms with Crippen LogP contribution in [0.5, 0.6) is 0 Å². The van der Waals surface area contributed by atoms with E-state index < -0.39 is 16.1 Å². The maximum absolute atomic E-state index is 11.3. The lowest BCUT2D eigenvalue weighted by Crippen LogP contribution is -2.11. The second-order valence-corrected chi connectivity index (χ2v) is 5.05. The van der Waals surface area contributed by atoms with E-state index in [1.165, 1.54) is 12.1 Å². The Morgan fingerprint density at radius 2 is 2.26 bits per heavy atom. The van der Waals surface area contributed by atoms with Crippen molar-refractivity contribution in [2.24, 2.45) is 0 Å². The fraction of sp³-hybridized carbons (Fsp3) is 0.273. The van der Waals surface area contributed by atoms with E-state index in [4.69, 9.17) is 9.84 Å². The smallest absolute Gasteiger partial charge is 0.337 e. The Morgan fingerprint density at radius 1 is 1.53 bits per heavy atom. The zero-order chi connectivity index (χ0) is 14.0. The summed E-state index contributed by atoms with van der Waals surface area (Å²) in [7, 11) is 0. The minimum atomic E-state index is -1.27. The Bertz CT molecular complexity index is 558. The van der Waals surface area contributed by atoms with Gasteiger partial charge in [0, 0.05) is 23.4 Å². The molecule has 1 aromatic rings. The molecule has 8 heteroatoms. The molecule has 0 bridgehead atoms. The molecule has 2 rings (SSSR count). The highest BCUT2D eigenvalue weighted by Crippen LogP contribution is 2.33. The van der Waals surface area contributed by atoms with Crippen molar-refractivity contribution in [3.05, 3.63) is 33.9 Å². The molecular formula is C11H9NO6S. The lowest BCUT2D eigenvalue weighted by molar-refractivity contribution is -0.384. The Balaban J connectivity index is 2.31. The maximum Gasteiger partial charge on any atom is 0.337 e. The maximum atomic E-state index is 11.3. The number of thioether (sulfide) groups is 1. The lowest BCUT2D eigenvalue weighted by Gasteiger charge is -2.08. The number of nitrogens with zero attached hydrogens (tertiary/aromatic N) is 1. The summed E-state index contributed by atoms with van der Waals surface area (Å²) in [5, 5.41) is 19.2. The zero-order valence-electron chi connectivity index (χ0n) is 9.57.